The predicted molar refractivity (Wildman–Crippen MR) is 99.2 cm³/mol. The first-order valence-electron chi connectivity index (χ1n) is 9.57. The first-order chi connectivity index (χ1) is 11.4. The molecule has 1 aromatic heterocycles. The van der Waals surface area contributed by atoms with Gasteiger partial charge in [0.25, 0.3) is 0 Å². The topological polar surface area (TPSA) is 50.4 Å². The Kier molecular flexibility index (Phi) is 12.7. The number of nitrogens with zero attached hydrogens (tertiary/aromatic N) is 1. The molecule has 1 N–H and O–H groups in total. The fourth-order valence-electron chi connectivity index (χ4n) is 3.05. The van der Waals surface area contributed by atoms with E-state index in [1.165, 1.54) is 70.3 Å². The molecule has 0 saturated heterocycles. The summed E-state index contributed by atoms with van der Waals surface area (Å²) in [6, 6.07) is 1.40. The highest BCUT2D eigenvalue weighted by molar-refractivity contribution is 5.15. The van der Waals surface area contributed by atoms with E-state index in [1.807, 2.05) is 0 Å². The van der Waals surface area contributed by atoms with Crippen LogP contribution >= 0.6 is 0 Å². The number of hydrogen-bond donors (Lipinski definition) is 1. The molecule has 0 fully saturated rings. The van der Waals surface area contributed by atoms with Gasteiger partial charge in [0.2, 0.25) is 5.43 Å². The summed E-state index contributed by atoms with van der Waals surface area (Å²) in [6.07, 6.45) is 14.6. The smallest absolute Gasteiger partial charge is 0.226 e. The van der Waals surface area contributed by atoms with Crippen LogP contribution in [0.25, 0.3) is 0 Å². The third-order valence-electron chi connectivity index (χ3n) is 4.57. The highest BCUT2D eigenvalue weighted by Crippen LogP contribution is 2.14. The van der Waals surface area contributed by atoms with Crippen LogP contribution in [0.4, 0.5) is 0 Å². The van der Waals surface area contributed by atoms with Crippen molar-refractivity contribution in [2.75, 3.05) is 20.6 Å². The molecule has 0 bridgehead atoms. The van der Waals surface area contributed by atoms with E-state index in [-0.39, 0.29) is 23.6 Å². The normalized spacial score (nSPS) is 11.3. The van der Waals surface area contributed by atoms with Crippen molar-refractivity contribution in [1.82, 2.24) is 0 Å². The van der Waals surface area contributed by atoms with Crippen molar-refractivity contribution in [3.05, 3.63) is 28.3 Å². The van der Waals surface area contributed by atoms with E-state index in [2.05, 4.69) is 21.0 Å². The summed E-state index contributed by atoms with van der Waals surface area (Å²) in [5.74, 6) is 0.314. The van der Waals surface area contributed by atoms with E-state index in [0.29, 0.717) is 12.3 Å². The highest BCUT2D eigenvalue weighted by atomic mass is 35.5. The average molecular weight is 374 g/mol. The average Bonchev–Trinajstić information content (AvgIpc) is 2.52. The summed E-state index contributed by atoms with van der Waals surface area (Å²) in [7, 11) is 4.31. The summed E-state index contributed by atoms with van der Waals surface area (Å²) in [5.41, 5.74) is -0.366. The molecule has 0 radical (unpaired) electrons. The summed E-state index contributed by atoms with van der Waals surface area (Å²) in [4.78, 5) is 11.5. The second-order valence-electron chi connectivity index (χ2n) is 7.60. The third kappa shape index (κ3) is 11.3. The number of aromatic hydroxyl groups is 1. The molecule has 0 atom stereocenters. The third-order valence-corrected chi connectivity index (χ3v) is 4.57. The van der Waals surface area contributed by atoms with E-state index >= 15 is 0 Å². The molecule has 1 heterocycles. The van der Waals surface area contributed by atoms with Gasteiger partial charge in [-0.05, 0) is 12.8 Å². The van der Waals surface area contributed by atoms with Gasteiger partial charge in [0, 0.05) is 6.07 Å². The van der Waals surface area contributed by atoms with Crippen molar-refractivity contribution in [3.63, 3.8) is 0 Å². The monoisotopic (exact) mass is 373 g/mol. The first-order valence-corrected chi connectivity index (χ1v) is 9.57. The van der Waals surface area contributed by atoms with Crippen molar-refractivity contribution in [3.8, 4) is 5.75 Å². The van der Waals surface area contributed by atoms with Gasteiger partial charge >= 0.3 is 0 Å². The van der Waals surface area contributed by atoms with Crippen LogP contribution in [0.15, 0.2) is 21.5 Å². The van der Waals surface area contributed by atoms with Gasteiger partial charge in [0.15, 0.2) is 11.5 Å². The second kappa shape index (κ2) is 13.2. The lowest BCUT2D eigenvalue weighted by Crippen LogP contribution is -3.00. The number of rotatable bonds is 13. The van der Waals surface area contributed by atoms with Gasteiger partial charge in [-0.25, -0.2) is 0 Å². The standard InChI is InChI=1S/C20H35NO3.ClH/c1-4-5-6-7-8-9-10-11-12-13-14-21(2,3)16-18-15-19(22)20(23)17-24-18;/h15,17H,4-14,16H2,1-3H3;1H. The Morgan fingerprint density at radius 3 is 2.00 bits per heavy atom. The lowest BCUT2D eigenvalue weighted by Gasteiger charge is -2.29. The lowest BCUT2D eigenvalue weighted by atomic mass is 10.1. The van der Waals surface area contributed by atoms with Crippen LogP contribution < -0.4 is 17.8 Å². The molecule has 1 rings (SSSR count). The van der Waals surface area contributed by atoms with Crippen molar-refractivity contribution < 1.29 is 26.4 Å². The number of unbranched alkanes of at least 4 members (excludes halogenated alkanes) is 9. The number of quaternary nitrogens is 1. The zero-order chi connectivity index (χ0) is 17.8. The minimum Gasteiger partial charge on any atom is -1.00 e. The Balaban J connectivity index is 0.00000576. The van der Waals surface area contributed by atoms with Crippen LogP contribution in [-0.4, -0.2) is 30.2 Å². The van der Waals surface area contributed by atoms with Crippen molar-refractivity contribution >= 4 is 0 Å². The SMILES string of the molecule is CCCCCCCCCCCC[N+](C)(C)Cc1cc(=O)c(O)co1.[Cl-]. The molecule has 0 aliphatic rings. The van der Waals surface area contributed by atoms with Gasteiger partial charge in [0.05, 0.1) is 20.6 Å². The molecular formula is C20H36ClNO3. The fourth-order valence-corrected chi connectivity index (χ4v) is 3.05. The molecule has 0 saturated carbocycles. The molecule has 146 valence electrons. The van der Waals surface area contributed by atoms with Gasteiger partial charge in [0.1, 0.15) is 12.8 Å². The van der Waals surface area contributed by atoms with Gasteiger partial charge < -0.3 is 26.4 Å². The second-order valence-corrected chi connectivity index (χ2v) is 7.60. The molecule has 5 heteroatoms. The van der Waals surface area contributed by atoms with Gasteiger partial charge in [-0.15, -0.1) is 0 Å². The maximum absolute atomic E-state index is 11.5. The van der Waals surface area contributed by atoms with Crippen LogP contribution in [0, 0.1) is 0 Å². The van der Waals surface area contributed by atoms with E-state index in [4.69, 9.17) is 4.42 Å². The van der Waals surface area contributed by atoms with E-state index in [9.17, 15) is 9.90 Å². The van der Waals surface area contributed by atoms with E-state index in [1.54, 1.807) is 0 Å². The lowest BCUT2D eigenvalue weighted by molar-refractivity contribution is -0.904. The summed E-state index contributed by atoms with van der Waals surface area (Å²) in [6.45, 7) is 4.00. The maximum Gasteiger partial charge on any atom is 0.226 e. The molecular weight excluding hydrogens is 338 g/mol. The van der Waals surface area contributed by atoms with Crippen molar-refractivity contribution in [1.29, 1.82) is 0 Å². The Labute approximate surface area is 159 Å². The van der Waals surface area contributed by atoms with Crippen LogP contribution in [0.3, 0.4) is 0 Å². The van der Waals surface area contributed by atoms with E-state index in [0.717, 1.165) is 17.3 Å². The molecule has 25 heavy (non-hydrogen) atoms. The van der Waals surface area contributed by atoms with Crippen molar-refractivity contribution in [2.24, 2.45) is 0 Å². The minimum atomic E-state index is -0.366. The number of hydrogen-bond acceptors (Lipinski definition) is 3. The minimum absolute atomic E-state index is 0. The van der Waals surface area contributed by atoms with E-state index < -0.39 is 0 Å². The molecule has 0 spiro atoms. The van der Waals surface area contributed by atoms with Gasteiger partial charge in [-0.2, -0.15) is 0 Å². The van der Waals surface area contributed by atoms with Crippen LogP contribution in [0.5, 0.6) is 5.75 Å². The zero-order valence-electron chi connectivity index (χ0n) is 16.2. The molecule has 0 unspecified atom stereocenters. The molecule has 0 amide bonds. The van der Waals surface area contributed by atoms with Gasteiger partial charge in [-0.3, -0.25) is 4.79 Å². The Morgan fingerprint density at radius 1 is 0.960 bits per heavy atom. The fraction of sp³-hybridized carbons (Fsp3) is 0.750. The summed E-state index contributed by atoms with van der Waals surface area (Å²) in [5, 5.41) is 9.24. The Bertz CT molecular complexity index is 514. The quantitative estimate of drug-likeness (QED) is 0.424. The molecule has 1 aromatic rings. The predicted octanol–water partition coefficient (Wildman–Crippen LogP) is 1.85. The van der Waals surface area contributed by atoms with Crippen LogP contribution in [-0.2, 0) is 6.54 Å². The maximum atomic E-state index is 11.5. The van der Waals surface area contributed by atoms with Crippen LogP contribution in [0.2, 0.25) is 0 Å². The zero-order valence-corrected chi connectivity index (χ0v) is 17.0. The van der Waals surface area contributed by atoms with Gasteiger partial charge in [-0.1, -0.05) is 58.3 Å². The molecule has 0 aliphatic carbocycles. The first kappa shape index (κ1) is 24.0. The molecule has 0 aromatic carbocycles. The van der Waals surface area contributed by atoms with Crippen LogP contribution in [0.1, 0.15) is 76.9 Å². The Morgan fingerprint density at radius 2 is 1.48 bits per heavy atom. The summed E-state index contributed by atoms with van der Waals surface area (Å²) < 4.78 is 6.11. The molecule has 0 aliphatic heterocycles. The van der Waals surface area contributed by atoms with Crippen molar-refractivity contribution in [2.45, 2.75) is 77.7 Å². The summed E-state index contributed by atoms with van der Waals surface area (Å²) >= 11 is 0. The Hall–Kier alpha value is -1.00. The number of halogens is 1. The largest absolute Gasteiger partial charge is 1.00 e. The molecule has 4 nitrogen and oxygen atoms in total. The highest BCUT2D eigenvalue weighted by Gasteiger charge is 2.17.